The van der Waals surface area contributed by atoms with Gasteiger partial charge in [0.05, 0.1) is 11.6 Å². The molecule has 3 heterocycles. The maximum Gasteiger partial charge on any atom is 0.231 e. The van der Waals surface area contributed by atoms with Crippen molar-refractivity contribution in [3.63, 3.8) is 0 Å². The molecule has 1 aromatic carbocycles. The van der Waals surface area contributed by atoms with Crippen molar-refractivity contribution in [1.82, 2.24) is 9.97 Å². The fourth-order valence-corrected chi connectivity index (χ4v) is 4.34. The summed E-state index contributed by atoms with van der Waals surface area (Å²) in [6, 6.07) is 10.2. The van der Waals surface area contributed by atoms with Gasteiger partial charge in [-0.1, -0.05) is 13.0 Å². The molecule has 3 atom stereocenters. The van der Waals surface area contributed by atoms with Crippen molar-refractivity contribution in [2.75, 3.05) is 29.0 Å². The predicted molar refractivity (Wildman–Crippen MR) is 122 cm³/mol. The number of pyridine rings is 2. The molecular formula is C24H26FN5O. The van der Waals surface area contributed by atoms with Gasteiger partial charge in [-0.2, -0.15) is 0 Å². The number of nitrogen functional groups attached to an aromatic ring is 1. The first-order chi connectivity index (χ1) is 14.9. The average Bonchev–Trinajstić information content (AvgIpc) is 3.31. The van der Waals surface area contributed by atoms with Crippen LogP contribution in [0, 0.1) is 18.8 Å². The lowest BCUT2D eigenvalue weighted by Gasteiger charge is -2.20. The third-order valence-corrected chi connectivity index (χ3v) is 6.32. The van der Waals surface area contributed by atoms with Gasteiger partial charge in [0.25, 0.3) is 0 Å². The molecular weight excluding hydrogens is 393 g/mol. The minimum Gasteiger partial charge on any atom is -0.383 e. The van der Waals surface area contributed by atoms with Crippen molar-refractivity contribution in [2.24, 2.45) is 11.8 Å². The molecule has 1 saturated heterocycles. The molecule has 1 aliphatic carbocycles. The van der Waals surface area contributed by atoms with Crippen molar-refractivity contribution in [3.05, 3.63) is 42.1 Å². The summed E-state index contributed by atoms with van der Waals surface area (Å²) >= 11 is 0. The predicted octanol–water partition coefficient (Wildman–Crippen LogP) is 4.33. The Labute approximate surface area is 180 Å². The summed E-state index contributed by atoms with van der Waals surface area (Å²) in [5, 5.41) is 4.25. The van der Waals surface area contributed by atoms with Crippen LogP contribution in [0.1, 0.15) is 25.3 Å². The molecule has 7 heteroatoms. The largest absolute Gasteiger partial charge is 0.383 e. The Kier molecular flexibility index (Phi) is 4.76. The number of alkyl halides is 1. The molecule has 1 amide bonds. The highest BCUT2D eigenvalue weighted by Crippen LogP contribution is 2.35. The SMILES string of the molecule is Cc1cc(N2CC[C@H](C)C2)ccc1-c1cc2cc(NC(=O)[C@H]3C[C@H]3F)ncc2c(N)n1. The molecule has 1 aliphatic heterocycles. The normalized spacial score (nSPS) is 22.7. The van der Waals surface area contributed by atoms with E-state index in [9.17, 15) is 9.18 Å². The lowest BCUT2D eigenvalue weighted by Crippen LogP contribution is -2.19. The number of hydrogen-bond donors (Lipinski definition) is 2. The van der Waals surface area contributed by atoms with Crippen LogP contribution in [0.5, 0.6) is 0 Å². The first kappa shape index (κ1) is 19.7. The highest BCUT2D eigenvalue weighted by atomic mass is 19.1. The van der Waals surface area contributed by atoms with Gasteiger partial charge in [-0.05, 0) is 60.9 Å². The van der Waals surface area contributed by atoms with E-state index in [2.05, 4.69) is 52.2 Å². The van der Waals surface area contributed by atoms with Gasteiger partial charge in [-0.25, -0.2) is 14.4 Å². The van der Waals surface area contributed by atoms with Crippen LogP contribution in [-0.4, -0.2) is 35.1 Å². The monoisotopic (exact) mass is 419 g/mol. The summed E-state index contributed by atoms with van der Waals surface area (Å²) in [6.07, 6.45) is 2.07. The maximum absolute atomic E-state index is 13.2. The van der Waals surface area contributed by atoms with E-state index >= 15 is 0 Å². The van der Waals surface area contributed by atoms with Gasteiger partial charge >= 0.3 is 0 Å². The second kappa shape index (κ2) is 7.48. The molecule has 2 fully saturated rings. The number of anilines is 3. The van der Waals surface area contributed by atoms with Crippen molar-refractivity contribution in [2.45, 2.75) is 32.9 Å². The van der Waals surface area contributed by atoms with Crippen LogP contribution in [0.3, 0.4) is 0 Å². The molecule has 3 aromatic rings. The number of fused-ring (bicyclic) bond motifs is 1. The van der Waals surface area contributed by atoms with Crippen LogP contribution in [0.15, 0.2) is 36.5 Å². The van der Waals surface area contributed by atoms with Gasteiger partial charge < -0.3 is 16.0 Å². The molecule has 160 valence electrons. The van der Waals surface area contributed by atoms with E-state index < -0.39 is 12.1 Å². The number of benzene rings is 1. The topological polar surface area (TPSA) is 84.1 Å². The van der Waals surface area contributed by atoms with Crippen LogP contribution in [0.2, 0.25) is 0 Å². The van der Waals surface area contributed by atoms with Crippen LogP contribution in [0.4, 0.5) is 21.7 Å². The van der Waals surface area contributed by atoms with Crippen molar-refractivity contribution in [1.29, 1.82) is 0 Å². The molecule has 0 radical (unpaired) electrons. The summed E-state index contributed by atoms with van der Waals surface area (Å²) in [7, 11) is 0. The molecule has 1 saturated carbocycles. The number of hydrogen-bond acceptors (Lipinski definition) is 5. The zero-order valence-electron chi connectivity index (χ0n) is 17.7. The van der Waals surface area contributed by atoms with Gasteiger partial charge in [0.15, 0.2) is 0 Å². The Balaban J connectivity index is 1.46. The Hall–Kier alpha value is -3.22. The van der Waals surface area contributed by atoms with Crippen LogP contribution < -0.4 is 16.0 Å². The molecule has 2 aliphatic rings. The minimum atomic E-state index is -1.04. The summed E-state index contributed by atoms with van der Waals surface area (Å²) in [4.78, 5) is 23.3. The van der Waals surface area contributed by atoms with E-state index in [1.165, 1.54) is 12.1 Å². The molecule has 6 nitrogen and oxygen atoms in total. The van der Waals surface area contributed by atoms with Crippen LogP contribution >= 0.6 is 0 Å². The Bertz CT molecular complexity index is 1180. The summed E-state index contributed by atoms with van der Waals surface area (Å²) in [5.74, 6) is 0.615. The lowest BCUT2D eigenvalue weighted by molar-refractivity contribution is -0.117. The number of aryl methyl sites for hydroxylation is 1. The Morgan fingerprint density at radius 1 is 1.29 bits per heavy atom. The van der Waals surface area contributed by atoms with Gasteiger partial charge in [0.2, 0.25) is 5.91 Å². The number of carbonyl (C=O) groups is 1. The van der Waals surface area contributed by atoms with Crippen LogP contribution in [-0.2, 0) is 4.79 Å². The number of nitrogens with zero attached hydrogens (tertiary/aromatic N) is 3. The van der Waals surface area contributed by atoms with Gasteiger partial charge in [-0.15, -0.1) is 0 Å². The third-order valence-electron chi connectivity index (χ3n) is 6.32. The number of aromatic nitrogens is 2. The third kappa shape index (κ3) is 3.80. The second-order valence-corrected chi connectivity index (χ2v) is 8.87. The summed E-state index contributed by atoms with van der Waals surface area (Å²) < 4.78 is 13.2. The zero-order valence-corrected chi connectivity index (χ0v) is 17.7. The highest BCUT2D eigenvalue weighted by Gasteiger charge is 2.43. The first-order valence-corrected chi connectivity index (χ1v) is 10.8. The number of rotatable bonds is 4. The number of halogens is 1. The molecule has 0 unspecified atom stereocenters. The summed E-state index contributed by atoms with van der Waals surface area (Å²) in [5.41, 5.74) is 10.4. The summed E-state index contributed by atoms with van der Waals surface area (Å²) in [6.45, 7) is 6.55. The number of nitrogens with two attached hydrogens (primary N) is 1. The molecule has 5 rings (SSSR count). The minimum absolute atomic E-state index is 0.284. The first-order valence-electron chi connectivity index (χ1n) is 10.8. The molecule has 0 spiro atoms. The van der Waals surface area contributed by atoms with Crippen LogP contribution in [0.25, 0.3) is 22.0 Å². The van der Waals surface area contributed by atoms with E-state index in [-0.39, 0.29) is 12.3 Å². The number of carbonyl (C=O) groups excluding carboxylic acids is 1. The Morgan fingerprint density at radius 3 is 2.77 bits per heavy atom. The zero-order chi connectivity index (χ0) is 21.7. The van der Waals surface area contributed by atoms with E-state index in [0.29, 0.717) is 11.6 Å². The lowest BCUT2D eigenvalue weighted by atomic mass is 10.0. The van der Waals surface area contributed by atoms with Gasteiger partial charge in [0, 0.05) is 35.9 Å². The molecule has 31 heavy (non-hydrogen) atoms. The van der Waals surface area contributed by atoms with E-state index in [4.69, 9.17) is 5.73 Å². The highest BCUT2D eigenvalue weighted by molar-refractivity contribution is 5.98. The molecule has 0 bridgehead atoms. The molecule has 3 N–H and O–H groups in total. The van der Waals surface area contributed by atoms with E-state index in [1.54, 1.807) is 12.3 Å². The smallest absolute Gasteiger partial charge is 0.231 e. The Morgan fingerprint density at radius 2 is 2.10 bits per heavy atom. The second-order valence-electron chi connectivity index (χ2n) is 8.87. The van der Waals surface area contributed by atoms with Crippen molar-refractivity contribution < 1.29 is 9.18 Å². The van der Waals surface area contributed by atoms with Gasteiger partial charge in [0.1, 0.15) is 17.8 Å². The average molecular weight is 420 g/mol. The standard InChI is InChI=1S/C24H26FN5O/c1-13-5-6-30(12-13)16-3-4-17(14(2)7-16)21-8-15-9-22(27-11-19(15)23(26)28-21)29-24(31)18-10-20(18)25/h3-4,7-9,11,13,18,20H,5-6,10,12H2,1-2H3,(H2,26,28)(H,27,29,31)/t13-,18-,20+/m0/s1. The fraction of sp³-hybridized carbons (Fsp3) is 0.375. The van der Waals surface area contributed by atoms with Crippen molar-refractivity contribution in [3.8, 4) is 11.3 Å². The number of nitrogens with one attached hydrogen (secondary N) is 1. The van der Waals surface area contributed by atoms with E-state index in [0.717, 1.165) is 46.6 Å². The quantitative estimate of drug-likeness (QED) is 0.658. The number of amides is 1. The van der Waals surface area contributed by atoms with Crippen molar-refractivity contribution >= 4 is 34.0 Å². The van der Waals surface area contributed by atoms with Gasteiger partial charge in [-0.3, -0.25) is 4.79 Å². The molecule has 2 aromatic heterocycles. The van der Waals surface area contributed by atoms with E-state index in [1.807, 2.05) is 6.07 Å². The maximum atomic E-state index is 13.2. The fourth-order valence-electron chi connectivity index (χ4n) is 4.34.